The first-order valence-corrected chi connectivity index (χ1v) is 7.94. The van der Waals surface area contributed by atoms with Gasteiger partial charge in [0.15, 0.2) is 0 Å². The number of methoxy groups -OCH3 is 1. The third kappa shape index (κ3) is 2.41. The highest BCUT2D eigenvalue weighted by Gasteiger charge is 2.55. The zero-order valence-electron chi connectivity index (χ0n) is 14.1. The summed E-state index contributed by atoms with van der Waals surface area (Å²) in [6, 6.07) is 4.63. The molecule has 25 heavy (non-hydrogen) atoms. The summed E-state index contributed by atoms with van der Waals surface area (Å²) in [5.74, 6) is -2.08. The molecule has 2 N–H and O–H groups in total. The van der Waals surface area contributed by atoms with Crippen LogP contribution in [0.2, 0.25) is 0 Å². The van der Waals surface area contributed by atoms with E-state index in [-0.39, 0.29) is 48.7 Å². The van der Waals surface area contributed by atoms with Gasteiger partial charge in [0.1, 0.15) is 5.54 Å². The Kier molecular flexibility index (Phi) is 4.08. The van der Waals surface area contributed by atoms with Crippen LogP contribution in [0, 0.1) is 0 Å². The highest BCUT2D eigenvalue weighted by atomic mass is 16.5. The van der Waals surface area contributed by atoms with Gasteiger partial charge in [-0.3, -0.25) is 29.0 Å². The quantitative estimate of drug-likeness (QED) is 0.625. The Balaban J connectivity index is 2.00. The summed E-state index contributed by atoms with van der Waals surface area (Å²) >= 11 is 0. The van der Waals surface area contributed by atoms with Crippen LogP contribution in [0.1, 0.15) is 40.5 Å². The van der Waals surface area contributed by atoms with Gasteiger partial charge in [0, 0.05) is 19.2 Å². The molecule has 3 rings (SSSR count). The van der Waals surface area contributed by atoms with Crippen LogP contribution < -0.4 is 5.73 Å². The number of nitrogen functional groups attached to an aromatic ring is 1. The first kappa shape index (κ1) is 17.1. The monoisotopic (exact) mass is 345 g/mol. The second kappa shape index (κ2) is 5.96. The highest BCUT2D eigenvalue weighted by molar-refractivity contribution is 6.26. The number of fused-ring (bicyclic) bond motifs is 1. The van der Waals surface area contributed by atoms with E-state index in [1.165, 1.54) is 26.2 Å². The van der Waals surface area contributed by atoms with E-state index in [2.05, 4.69) is 0 Å². The van der Waals surface area contributed by atoms with Crippen LogP contribution in [-0.2, 0) is 14.3 Å². The lowest BCUT2D eigenvalue weighted by molar-refractivity contribution is -0.157. The average Bonchev–Trinajstić information content (AvgIpc) is 2.84. The largest absolute Gasteiger partial charge is 0.398 e. The molecule has 0 aliphatic carbocycles. The number of ether oxygens (including phenoxy) is 1. The first-order valence-electron chi connectivity index (χ1n) is 7.94. The van der Waals surface area contributed by atoms with Crippen LogP contribution in [-0.4, -0.2) is 59.2 Å². The van der Waals surface area contributed by atoms with Gasteiger partial charge in [-0.2, -0.15) is 0 Å². The summed E-state index contributed by atoms with van der Waals surface area (Å²) in [6.45, 7) is 1.77. The van der Waals surface area contributed by atoms with Crippen molar-refractivity contribution in [1.29, 1.82) is 0 Å². The van der Waals surface area contributed by atoms with Gasteiger partial charge in [-0.15, -0.1) is 0 Å². The Bertz CT molecular complexity index is 790. The predicted molar refractivity (Wildman–Crippen MR) is 87.6 cm³/mol. The molecule has 132 valence electrons. The van der Waals surface area contributed by atoms with E-state index in [0.717, 1.165) is 9.80 Å². The molecule has 8 heteroatoms. The molecule has 0 saturated carbocycles. The van der Waals surface area contributed by atoms with Gasteiger partial charge >= 0.3 is 0 Å². The molecular formula is C17H19N3O5. The van der Waals surface area contributed by atoms with Crippen molar-refractivity contribution in [2.75, 3.05) is 26.0 Å². The number of nitrogens with two attached hydrogens (primary N) is 1. The van der Waals surface area contributed by atoms with E-state index >= 15 is 0 Å². The number of carbonyl (C=O) groups excluding carboxylic acids is 4. The molecule has 0 aromatic heterocycles. The Morgan fingerprint density at radius 1 is 1.20 bits per heavy atom. The molecule has 1 saturated heterocycles. The molecule has 0 bridgehead atoms. The van der Waals surface area contributed by atoms with Crippen molar-refractivity contribution < 1.29 is 23.9 Å². The number of anilines is 1. The Hall–Kier alpha value is -2.74. The smallest absolute Gasteiger partial charge is 0.264 e. The number of likely N-dealkylation sites (tertiary alicyclic amines) is 1. The number of hydrogen-bond donors (Lipinski definition) is 1. The maximum absolute atomic E-state index is 12.9. The Morgan fingerprint density at radius 3 is 2.56 bits per heavy atom. The van der Waals surface area contributed by atoms with Gasteiger partial charge in [0.05, 0.1) is 24.3 Å². The molecule has 0 spiro atoms. The fraction of sp³-hybridized carbons (Fsp3) is 0.412. The van der Waals surface area contributed by atoms with Gasteiger partial charge < -0.3 is 10.5 Å². The zero-order valence-corrected chi connectivity index (χ0v) is 14.1. The molecular weight excluding hydrogens is 326 g/mol. The van der Waals surface area contributed by atoms with E-state index in [1.807, 2.05) is 0 Å². The summed E-state index contributed by atoms with van der Waals surface area (Å²) in [6.07, 6.45) is 0.147. The maximum atomic E-state index is 12.9. The maximum Gasteiger partial charge on any atom is 0.264 e. The summed E-state index contributed by atoms with van der Waals surface area (Å²) in [5.41, 5.74) is 4.90. The molecule has 1 unspecified atom stereocenters. The lowest BCUT2D eigenvalue weighted by atomic mass is 9.87. The highest BCUT2D eigenvalue weighted by Crippen LogP contribution is 2.37. The van der Waals surface area contributed by atoms with Gasteiger partial charge in [-0.1, -0.05) is 6.07 Å². The van der Waals surface area contributed by atoms with Crippen molar-refractivity contribution >= 4 is 29.3 Å². The minimum atomic E-state index is -1.43. The Labute approximate surface area is 144 Å². The molecule has 1 atom stereocenters. The topological polar surface area (TPSA) is 110 Å². The van der Waals surface area contributed by atoms with E-state index in [9.17, 15) is 19.2 Å². The molecule has 8 nitrogen and oxygen atoms in total. The molecule has 2 aliphatic rings. The SMILES string of the molecule is COCCN1C(=O)CCC(C)(N2C(=O)c3cccc(N)c3C2=O)C1=O. The van der Waals surface area contributed by atoms with Crippen LogP contribution in [0.4, 0.5) is 5.69 Å². The summed E-state index contributed by atoms with van der Waals surface area (Å²) < 4.78 is 4.93. The van der Waals surface area contributed by atoms with Crippen molar-refractivity contribution in [3.05, 3.63) is 29.3 Å². The van der Waals surface area contributed by atoms with Gasteiger partial charge in [-0.05, 0) is 25.5 Å². The van der Waals surface area contributed by atoms with Crippen LogP contribution in [0.25, 0.3) is 0 Å². The van der Waals surface area contributed by atoms with Crippen molar-refractivity contribution in [3.8, 4) is 0 Å². The van der Waals surface area contributed by atoms with Crippen LogP contribution in [0.5, 0.6) is 0 Å². The van der Waals surface area contributed by atoms with E-state index in [0.29, 0.717) is 0 Å². The lowest BCUT2D eigenvalue weighted by Gasteiger charge is -2.42. The minimum absolute atomic E-state index is 0.0643. The van der Waals surface area contributed by atoms with Crippen LogP contribution >= 0.6 is 0 Å². The first-order chi connectivity index (χ1) is 11.8. The number of amides is 4. The van der Waals surface area contributed by atoms with Crippen molar-refractivity contribution in [2.45, 2.75) is 25.3 Å². The second-order valence-electron chi connectivity index (χ2n) is 6.33. The molecule has 1 aromatic rings. The zero-order chi connectivity index (χ0) is 18.4. The number of rotatable bonds is 4. The standard InChI is InChI=1S/C17H19N3O5/c1-17(7-6-12(21)19(16(17)24)8-9-25-2)20-14(22)10-4-3-5-11(18)13(10)15(20)23/h3-5H,6-9,18H2,1-2H3. The van der Waals surface area contributed by atoms with Gasteiger partial charge in [0.25, 0.3) is 17.7 Å². The van der Waals surface area contributed by atoms with Crippen LogP contribution in [0.3, 0.4) is 0 Å². The number of carbonyl (C=O) groups is 4. The van der Waals surface area contributed by atoms with Gasteiger partial charge in [-0.25, -0.2) is 0 Å². The molecule has 4 amide bonds. The molecule has 1 aromatic carbocycles. The van der Waals surface area contributed by atoms with Gasteiger partial charge in [0.2, 0.25) is 5.91 Å². The average molecular weight is 345 g/mol. The van der Waals surface area contributed by atoms with Crippen LogP contribution in [0.15, 0.2) is 18.2 Å². The number of nitrogens with zero attached hydrogens (tertiary/aromatic N) is 2. The summed E-state index contributed by atoms with van der Waals surface area (Å²) in [7, 11) is 1.46. The van der Waals surface area contributed by atoms with Crippen molar-refractivity contribution in [3.63, 3.8) is 0 Å². The molecule has 0 radical (unpaired) electrons. The second-order valence-corrected chi connectivity index (χ2v) is 6.33. The number of hydrogen-bond acceptors (Lipinski definition) is 6. The molecule has 1 fully saturated rings. The van der Waals surface area contributed by atoms with Crippen molar-refractivity contribution in [1.82, 2.24) is 9.80 Å². The third-order valence-electron chi connectivity index (χ3n) is 4.79. The summed E-state index contributed by atoms with van der Waals surface area (Å²) in [4.78, 5) is 52.6. The Morgan fingerprint density at radius 2 is 1.92 bits per heavy atom. The molecule has 2 aliphatic heterocycles. The fourth-order valence-corrected chi connectivity index (χ4v) is 3.37. The number of imide groups is 2. The third-order valence-corrected chi connectivity index (χ3v) is 4.79. The van der Waals surface area contributed by atoms with E-state index < -0.39 is 23.3 Å². The predicted octanol–water partition coefficient (Wildman–Crippen LogP) is 0.419. The minimum Gasteiger partial charge on any atom is -0.398 e. The fourth-order valence-electron chi connectivity index (χ4n) is 3.37. The summed E-state index contributed by atoms with van der Waals surface area (Å²) in [5, 5.41) is 0. The van der Waals surface area contributed by atoms with E-state index in [1.54, 1.807) is 6.07 Å². The van der Waals surface area contributed by atoms with Crippen molar-refractivity contribution in [2.24, 2.45) is 0 Å². The molecule has 2 heterocycles. The lowest BCUT2D eigenvalue weighted by Crippen LogP contribution is -2.64. The number of benzene rings is 1. The normalized spacial score (nSPS) is 23.4. The number of piperidine rings is 1. The van der Waals surface area contributed by atoms with E-state index in [4.69, 9.17) is 10.5 Å².